The molecule has 0 atom stereocenters. The van der Waals surface area contributed by atoms with Crippen LogP contribution in [0.15, 0.2) is 170 Å². The second-order valence-corrected chi connectivity index (χ2v) is 14.4. The number of benzene rings is 10. The Morgan fingerprint density at radius 2 is 0.673 bits per heavy atom. The lowest BCUT2D eigenvalue weighted by Crippen LogP contribution is -1.84. The van der Waals surface area contributed by atoms with Gasteiger partial charge in [0.1, 0.15) is 0 Å². The van der Waals surface area contributed by atoms with Crippen molar-refractivity contribution in [2.45, 2.75) is 0 Å². The maximum absolute atomic E-state index is 2.40. The highest BCUT2D eigenvalue weighted by atomic mass is 32.1. The average Bonchev–Trinajstić information content (AvgIpc) is 3.53. The van der Waals surface area contributed by atoms with Crippen LogP contribution in [0.3, 0.4) is 0 Å². The van der Waals surface area contributed by atoms with Gasteiger partial charge in [0, 0.05) is 20.2 Å². The summed E-state index contributed by atoms with van der Waals surface area (Å²) in [5.41, 5.74) is 5.09. The molecule has 0 spiro atoms. The fourth-order valence-corrected chi connectivity index (χ4v) is 9.36. The quantitative estimate of drug-likeness (QED) is 0.131. The summed E-state index contributed by atoms with van der Waals surface area (Å²) in [6.07, 6.45) is 0. The molecule has 11 aromatic rings. The molecule has 0 radical (unpaired) electrons. The van der Waals surface area contributed by atoms with E-state index in [0.717, 1.165) is 0 Å². The van der Waals surface area contributed by atoms with E-state index < -0.39 is 0 Å². The third-order valence-electron chi connectivity index (χ3n) is 10.6. The molecule has 11 rings (SSSR count). The van der Waals surface area contributed by atoms with Crippen LogP contribution in [0.5, 0.6) is 0 Å². The van der Waals surface area contributed by atoms with Crippen LogP contribution in [0, 0.1) is 0 Å². The molecule has 226 valence electrons. The van der Waals surface area contributed by atoms with Gasteiger partial charge in [-0.15, -0.1) is 11.3 Å². The van der Waals surface area contributed by atoms with Gasteiger partial charge in [0.15, 0.2) is 0 Å². The molecule has 0 bridgehead atoms. The van der Waals surface area contributed by atoms with Crippen molar-refractivity contribution in [2.75, 3.05) is 0 Å². The molecule has 0 aliphatic carbocycles. The number of thiophene rings is 1. The SMILES string of the molecule is c1ccc2cc3c(ccc4c(-c5ccc6c(c5)sc5cc(-c7cccc8c7ccc7cc9ccccc9cc78)ccc56)cccc43)cc2c1. The highest BCUT2D eigenvalue weighted by Gasteiger charge is 2.13. The zero-order valence-electron chi connectivity index (χ0n) is 26.6. The Labute approximate surface area is 287 Å². The molecule has 49 heavy (non-hydrogen) atoms. The van der Waals surface area contributed by atoms with E-state index in [1.165, 1.54) is 107 Å². The highest BCUT2D eigenvalue weighted by molar-refractivity contribution is 7.25. The Balaban J connectivity index is 1.04. The Morgan fingerprint density at radius 1 is 0.245 bits per heavy atom. The lowest BCUT2D eigenvalue weighted by atomic mass is 9.92. The van der Waals surface area contributed by atoms with Crippen LogP contribution < -0.4 is 0 Å². The van der Waals surface area contributed by atoms with Crippen LogP contribution in [0.25, 0.3) is 107 Å². The van der Waals surface area contributed by atoms with Crippen molar-refractivity contribution in [3.05, 3.63) is 170 Å². The summed E-state index contributed by atoms with van der Waals surface area (Å²) < 4.78 is 2.65. The number of rotatable bonds is 2. The third kappa shape index (κ3) is 4.10. The first-order chi connectivity index (χ1) is 24.2. The summed E-state index contributed by atoms with van der Waals surface area (Å²) in [5.74, 6) is 0. The predicted molar refractivity (Wildman–Crippen MR) is 215 cm³/mol. The van der Waals surface area contributed by atoms with Crippen LogP contribution >= 0.6 is 11.3 Å². The normalized spacial score (nSPS) is 12.1. The fourth-order valence-electron chi connectivity index (χ4n) is 8.18. The van der Waals surface area contributed by atoms with Crippen molar-refractivity contribution in [2.24, 2.45) is 0 Å². The van der Waals surface area contributed by atoms with Gasteiger partial charge in [0.2, 0.25) is 0 Å². The maximum atomic E-state index is 2.40. The first-order valence-electron chi connectivity index (χ1n) is 16.9. The summed E-state index contributed by atoms with van der Waals surface area (Å²) in [4.78, 5) is 0. The Kier molecular flexibility index (Phi) is 5.64. The van der Waals surface area contributed by atoms with E-state index in [-0.39, 0.29) is 0 Å². The second-order valence-electron chi connectivity index (χ2n) is 13.3. The minimum absolute atomic E-state index is 1.26. The third-order valence-corrected chi connectivity index (χ3v) is 11.7. The van der Waals surface area contributed by atoms with Gasteiger partial charge in [-0.2, -0.15) is 0 Å². The smallest absolute Gasteiger partial charge is 0.0361 e. The van der Waals surface area contributed by atoms with E-state index in [1.54, 1.807) is 0 Å². The molecule has 0 N–H and O–H groups in total. The van der Waals surface area contributed by atoms with Crippen molar-refractivity contribution >= 4 is 96.1 Å². The lowest BCUT2D eigenvalue weighted by molar-refractivity contribution is 1.71. The van der Waals surface area contributed by atoms with Gasteiger partial charge >= 0.3 is 0 Å². The standard InChI is InChI=1S/C48H28S/c1-3-9-31-25-45-33(23-29(31)7-1)15-19-41-37(11-5-13-39(41)45)35-17-21-43-44-22-18-36(28-48(44)49-47(43)27-35)38-12-6-14-40-42(38)20-16-34-24-30-8-2-4-10-32(30)26-46(34)40/h1-28H. The van der Waals surface area contributed by atoms with Crippen molar-refractivity contribution in [3.8, 4) is 22.3 Å². The highest BCUT2D eigenvalue weighted by Crippen LogP contribution is 2.42. The van der Waals surface area contributed by atoms with Crippen molar-refractivity contribution in [1.29, 1.82) is 0 Å². The minimum atomic E-state index is 1.26. The summed E-state index contributed by atoms with van der Waals surface area (Å²) in [7, 11) is 0. The summed E-state index contributed by atoms with van der Waals surface area (Å²) >= 11 is 1.90. The van der Waals surface area contributed by atoms with E-state index in [2.05, 4.69) is 170 Å². The molecule has 0 aliphatic rings. The zero-order chi connectivity index (χ0) is 32.1. The van der Waals surface area contributed by atoms with Gasteiger partial charge < -0.3 is 0 Å². The molecule has 0 nitrogen and oxygen atoms in total. The molecule has 1 aromatic heterocycles. The lowest BCUT2D eigenvalue weighted by Gasteiger charge is -2.11. The minimum Gasteiger partial charge on any atom is -0.135 e. The van der Waals surface area contributed by atoms with Crippen LogP contribution in [-0.4, -0.2) is 0 Å². The fraction of sp³-hybridized carbons (Fsp3) is 0. The predicted octanol–water partition coefficient (Wildman–Crippen LogP) is 14.3. The zero-order valence-corrected chi connectivity index (χ0v) is 27.4. The Morgan fingerprint density at radius 3 is 1.14 bits per heavy atom. The Hall–Kier alpha value is -6.02. The largest absolute Gasteiger partial charge is 0.135 e. The maximum Gasteiger partial charge on any atom is 0.0361 e. The van der Waals surface area contributed by atoms with Crippen LogP contribution in [-0.2, 0) is 0 Å². The molecule has 0 aliphatic heterocycles. The molecule has 0 saturated heterocycles. The number of hydrogen-bond donors (Lipinski definition) is 0. The van der Waals surface area contributed by atoms with Gasteiger partial charge in [0.05, 0.1) is 0 Å². The second kappa shape index (κ2) is 10.2. The van der Waals surface area contributed by atoms with Gasteiger partial charge in [-0.05, 0) is 123 Å². The monoisotopic (exact) mass is 636 g/mol. The average molecular weight is 637 g/mol. The topological polar surface area (TPSA) is 0 Å². The summed E-state index contributed by atoms with van der Waals surface area (Å²) in [6.45, 7) is 0. The van der Waals surface area contributed by atoms with Crippen molar-refractivity contribution < 1.29 is 0 Å². The molecular formula is C48H28S. The molecule has 0 unspecified atom stereocenters. The van der Waals surface area contributed by atoms with Gasteiger partial charge in [-0.3, -0.25) is 0 Å². The van der Waals surface area contributed by atoms with Crippen molar-refractivity contribution in [1.82, 2.24) is 0 Å². The first-order valence-corrected chi connectivity index (χ1v) is 17.7. The van der Waals surface area contributed by atoms with Crippen molar-refractivity contribution in [3.63, 3.8) is 0 Å². The molecular weight excluding hydrogens is 609 g/mol. The van der Waals surface area contributed by atoms with Crippen LogP contribution in [0.2, 0.25) is 0 Å². The summed E-state index contributed by atoms with van der Waals surface area (Å²) in [6, 6.07) is 63.4. The Bertz CT molecular complexity index is 2950. The van der Waals surface area contributed by atoms with Crippen LogP contribution in [0.1, 0.15) is 0 Å². The van der Waals surface area contributed by atoms with Gasteiger partial charge in [0.25, 0.3) is 0 Å². The van der Waals surface area contributed by atoms with E-state index in [9.17, 15) is 0 Å². The molecule has 0 fully saturated rings. The molecule has 0 amide bonds. The van der Waals surface area contributed by atoms with E-state index >= 15 is 0 Å². The molecule has 10 aromatic carbocycles. The van der Waals surface area contributed by atoms with E-state index in [1.807, 2.05) is 11.3 Å². The molecule has 0 saturated carbocycles. The number of fused-ring (bicyclic) bond motifs is 11. The van der Waals surface area contributed by atoms with E-state index in [0.29, 0.717) is 0 Å². The molecule has 1 heteroatoms. The first kappa shape index (κ1) is 27.0. The number of hydrogen-bond acceptors (Lipinski definition) is 1. The van der Waals surface area contributed by atoms with Gasteiger partial charge in [-0.1, -0.05) is 133 Å². The van der Waals surface area contributed by atoms with Crippen LogP contribution in [0.4, 0.5) is 0 Å². The molecule has 1 heterocycles. The van der Waals surface area contributed by atoms with Gasteiger partial charge in [-0.25, -0.2) is 0 Å². The van der Waals surface area contributed by atoms with E-state index in [4.69, 9.17) is 0 Å². The summed E-state index contributed by atoms with van der Waals surface area (Å²) in [5, 5.41) is 18.2.